The number of aryl methyl sites for hydroxylation is 1. The Morgan fingerprint density at radius 3 is 2.50 bits per heavy atom. The van der Waals surface area contributed by atoms with Gasteiger partial charge in [-0.3, -0.25) is 0 Å². The number of phenolic OH excluding ortho intramolecular Hbond substituents is 1. The van der Waals surface area contributed by atoms with Gasteiger partial charge in [0.1, 0.15) is 5.75 Å². The zero-order chi connectivity index (χ0) is 16.1. The maximum atomic E-state index is 11.7. The van der Waals surface area contributed by atoms with Crippen LogP contribution in [0.15, 0.2) is 50.4 Å². The van der Waals surface area contributed by atoms with E-state index in [1.807, 2.05) is 31.2 Å². The zero-order valence-corrected chi connectivity index (χ0v) is 14.8. The number of aromatic hydroxyl groups is 1. The summed E-state index contributed by atoms with van der Waals surface area (Å²) in [5, 5.41) is 16.2. The van der Waals surface area contributed by atoms with Crippen molar-refractivity contribution in [3.05, 3.63) is 56.5 Å². The van der Waals surface area contributed by atoms with Crippen molar-refractivity contribution in [3.8, 4) is 5.75 Å². The fourth-order valence-electron chi connectivity index (χ4n) is 1.69. The Labute approximate surface area is 144 Å². The molecule has 22 heavy (non-hydrogen) atoms. The summed E-state index contributed by atoms with van der Waals surface area (Å²) in [6.07, 6.45) is 1.48. The molecule has 0 heterocycles. The lowest BCUT2D eigenvalue weighted by molar-refractivity contribution is 0.252. The largest absolute Gasteiger partial charge is 0.506 e. The molecule has 114 valence electrons. The van der Waals surface area contributed by atoms with E-state index in [1.54, 1.807) is 12.1 Å². The zero-order valence-electron chi connectivity index (χ0n) is 11.6. The predicted octanol–water partition coefficient (Wildman–Crippen LogP) is 4.38. The second-order valence-corrected chi connectivity index (χ2v) is 6.18. The number of hydrogen-bond donors (Lipinski definition) is 3. The minimum absolute atomic E-state index is 0.113. The molecule has 0 atom stereocenters. The third-order valence-electron chi connectivity index (χ3n) is 2.81. The summed E-state index contributed by atoms with van der Waals surface area (Å²) in [6, 6.07) is 10.4. The summed E-state index contributed by atoms with van der Waals surface area (Å²) in [6.45, 7) is 1.91. The summed E-state index contributed by atoms with van der Waals surface area (Å²) >= 11 is 6.46. The Hall–Kier alpha value is -1.86. The number of halogens is 2. The molecular formula is C15H13Br2N3O2. The van der Waals surface area contributed by atoms with E-state index < -0.39 is 6.03 Å². The van der Waals surface area contributed by atoms with Crippen LogP contribution in [0.4, 0.5) is 10.5 Å². The van der Waals surface area contributed by atoms with Crippen molar-refractivity contribution < 1.29 is 9.90 Å². The first-order valence-electron chi connectivity index (χ1n) is 6.31. The highest BCUT2D eigenvalue weighted by molar-refractivity contribution is 9.11. The highest BCUT2D eigenvalue weighted by Gasteiger charge is 2.05. The molecule has 0 aliphatic heterocycles. The quantitative estimate of drug-likeness (QED) is 0.503. The highest BCUT2D eigenvalue weighted by atomic mass is 79.9. The van der Waals surface area contributed by atoms with Gasteiger partial charge in [0.05, 0.1) is 15.2 Å². The fraction of sp³-hybridized carbons (Fsp3) is 0.0667. The van der Waals surface area contributed by atoms with Gasteiger partial charge in [-0.1, -0.05) is 18.2 Å². The number of nitrogens with one attached hydrogen (secondary N) is 2. The molecule has 2 aromatic carbocycles. The van der Waals surface area contributed by atoms with E-state index >= 15 is 0 Å². The molecule has 5 nitrogen and oxygen atoms in total. The summed E-state index contributed by atoms with van der Waals surface area (Å²) in [4.78, 5) is 11.7. The number of hydrogen-bond acceptors (Lipinski definition) is 3. The Bertz CT molecular complexity index is 709. The number of rotatable bonds is 3. The Kier molecular flexibility index (Phi) is 5.57. The minimum atomic E-state index is -0.428. The van der Waals surface area contributed by atoms with Crippen LogP contribution < -0.4 is 10.7 Å². The van der Waals surface area contributed by atoms with Crippen LogP contribution in [0.25, 0.3) is 0 Å². The molecule has 0 bridgehead atoms. The van der Waals surface area contributed by atoms with Crippen molar-refractivity contribution in [3.63, 3.8) is 0 Å². The Morgan fingerprint density at radius 1 is 1.23 bits per heavy atom. The molecule has 2 amide bonds. The Balaban J connectivity index is 1.98. The number of urea groups is 1. The molecule has 7 heteroatoms. The third kappa shape index (κ3) is 4.32. The standard InChI is InChI=1S/C15H13Br2N3O2/c1-9-4-2-3-5-13(9)19-15(22)20-18-8-10-6-11(16)14(21)12(17)7-10/h2-8,21H,1H3,(H2,19,20,22)/b18-8+. The minimum Gasteiger partial charge on any atom is -0.506 e. The SMILES string of the molecule is Cc1ccccc1NC(=O)N/N=C/c1cc(Br)c(O)c(Br)c1. The van der Waals surface area contributed by atoms with Crippen molar-refractivity contribution in [2.75, 3.05) is 5.32 Å². The maximum Gasteiger partial charge on any atom is 0.339 e. The van der Waals surface area contributed by atoms with Crippen LogP contribution in [0.5, 0.6) is 5.75 Å². The summed E-state index contributed by atoms with van der Waals surface area (Å²) in [5.74, 6) is 0.113. The molecule has 0 aliphatic rings. The number of amides is 2. The second-order valence-electron chi connectivity index (χ2n) is 4.47. The molecule has 0 unspecified atom stereocenters. The van der Waals surface area contributed by atoms with E-state index in [4.69, 9.17) is 0 Å². The molecule has 0 spiro atoms. The first-order chi connectivity index (χ1) is 10.5. The van der Waals surface area contributed by atoms with Gasteiger partial charge in [-0.05, 0) is 68.1 Å². The van der Waals surface area contributed by atoms with E-state index in [0.717, 1.165) is 11.3 Å². The fourth-order valence-corrected chi connectivity index (χ4v) is 2.91. The summed E-state index contributed by atoms with van der Waals surface area (Å²) < 4.78 is 1.07. The van der Waals surface area contributed by atoms with Crippen molar-refractivity contribution in [1.29, 1.82) is 0 Å². The molecule has 0 saturated carbocycles. The lowest BCUT2D eigenvalue weighted by Gasteiger charge is -2.07. The van der Waals surface area contributed by atoms with E-state index in [9.17, 15) is 9.90 Å². The number of carbonyl (C=O) groups excluding carboxylic acids is 1. The van der Waals surface area contributed by atoms with Gasteiger partial charge >= 0.3 is 6.03 Å². The molecule has 3 N–H and O–H groups in total. The van der Waals surface area contributed by atoms with E-state index in [0.29, 0.717) is 14.5 Å². The van der Waals surface area contributed by atoms with Crippen LogP contribution in [-0.4, -0.2) is 17.4 Å². The Morgan fingerprint density at radius 2 is 1.86 bits per heavy atom. The number of benzene rings is 2. The maximum absolute atomic E-state index is 11.7. The normalized spacial score (nSPS) is 10.7. The molecule has 2 rings (SSSR count). The first kappa shape index (κ1) is 16.5. The topological polar surface area (TPSA) is 73.7 Å². The molecule has 0 aromatic heterocycles. The third-order valence-corrected chi connectivity index (χ3v) is 4.02. The number of phenols is 1. The van der Waals surface area contributed by atoms with Crippen LogP contribution >= 0.6 is 31.9 Å². The van der Waals surface area contributed by atoms with Crippen molar-refractivity contribution in [2.24, 2.45) is 5.10 Å². The number of para-hydroxylation sites is 1. The van der Waals surface area contributed by atoms with E-state index in [1.165, 1.54) is 6.21 Å². The van der Waals surface area contributed by atoms with E-state index in [2.05, 4.69) is 47.7 Å². The van der Waals surface area contributed by atoms with Gasteiger partial charge in [-0.25, -0.2) is 10.2 Å². The van der Waals surface area contributed by atoms with Gasteiger partial charge in [-0.2, -0.15) is 5.10 Å². The molecule has 0 aliphatic carbocycles. The predicted molar refractivity (Wildman–Crippen MR) is 94.4 cm³/mol. The summed E-state index contributed by atoms with van der Waals surface area (Å²) in [7, 11) is 0. The van der Waals surface area contributed by atoms with Gasteiger partial charge in [0.15, 0.2) is 0 Å². The van der Waals surface area contributed by atoms with Gasteiger partial charge in [0.2, 0.25) is 0 Å². The van der Waals surface area contributed by atoms with Gasteiger partial charge in [0, 0.05) is 5.69 Å². The monoisotopic (exact) mass is 425 g/mol. The molecule has 0 radical (unpaired) electrons. The summed E-state index contributed by atoms with van der Waals surface area (Å²) in [5.41, 5.74) is 4.80. The average molecular weight is 427 g/mol. The lowest BCUT2D eigenvalue weighted by Crippen LogP contribution is -2.24. The van der Waals surface area contributed by atoms with Gasteiger partial charge < -0.3 is 10.4 Å². The second kappa shape index (κ2) is 7.42. The van der Waals surface area contributed by atoms with E-state index in [-0.39, 0.29) is 5.75 Å². The molecule has 0 fully saturated rings. The lowest BCUT2D eigenvalue weighted by atomic mass is 10.2. The number of anilines is 1. The van der Waals surface area contributed by atoms with Crippen molar-refractivity contribution >= 4 is 49.8 Å². The highest BCUT2D eigenvalue weighted by Crippen LogP contribution is 2.32. The van der Waals surface area contributed by atoms with Crippen molar-refractivity contribution in [1.82, 2.24) is 5.43 Å². The van der Waals surface area contributed by atoms with Crippen LogP contribution in [0, 0.1) is 6.92 Å². The van der Waals surface area contributed by atoms with Gasteiger partial charge in [-0.15, -0.1) is 0 Å². The number of carbonyl (C=O) groups is 1. The van der Waals surface area contributed by atoms with Crippen LogP contribution in [0.1, 0.15) is 11.1 Å². The van der Waals surface area contributed by atoms with Crippen LogP contribution in [0.2, 0.25) is 0 Å². The number of hydrazone groups is 1. The van der Waals surface area contributed by atoms with Crippen molar-refractivity contribution in [2.45, 2.75) is 6.92 Å². The smallest absolute Gasteiger partial charge is 0.339 e. The first-order valence-corrected chi connectivity index (χ1v) is 7.89. The van der Waals surface area contributed by atoms with Crippen LogP contribution in [0.3, 0.4) is 0 Å². The number of nitrogens with zero attached hydrogens (tertiary/aromatic N) is 1. The van der Waals surface area contributed by atoms with Gasteiger partial charge in [0.25, 0.3) is 0 Å². The van der Waals surface area contributed by atoms with Crippen LogP contribution in [-0.2, 0) is 0 Å². The molecule has 0 saturated heterocycles. The molecule has 2 aromatic rings. The molecular weight excluding hydrogens is 414 g/mol. The average Bonchev–Trinajstić information content (AvgIpc) is 2.47.